The van der Waals surface area contributed by atoms with Crippen molar-refractivity contribution in [2.45, 2.75) is 111 Å². The maximum Gasteiger partial charge on any atom is 0.0599 e. The molecule has 3 unspecified atom stereocenters. The van der Waals surface area contributed by atoms with Gasteiger partial charge in [0, 0.05) is 24.3 Å². The van der Waals surface area contributed by atoms with Crippen LogP contribution in [0.2, 0.25) is 0 Å². The zero-order chi connectivity index (χ0) is 21.1. The third-order valence-electron chi connectivity index (χ3n) is 7.07. The molecular formula is C28H47NV. The molecule has 1 aliphatic heterocycles. The molecule has 4 atom stereocenters. The average Bonchev–Trinajstić information content (AvgIpc) is 3.63. The number of aliphatic imine (C=N–C) groups is 1. The SMILES string of the molecule is C1CCCCC1.C=C(CCC1=NC(C2C=C[C@H](C)C(C)C2)CC=C1)C1CC1.CC.[V]. The zero-order valence-corrected chi connectivity index (χ0v) is 21.7. The van der Waals surface area contributed by atoms with Gasteiger partial charge in [0.25, 0.3) is 0 Å². The number of allylic oxidation sites excluding steroid dienone is 3. The van der Waals surface area contributed by atoms with Crippen molar-refractivity contribution in [1.29, 1.82) is 0 Å². The van der Waals surface area contributed by atoms with Gasteiger partial charge < -0.3 is 0 Å². The molecule has 0 spiro atoms. The summed E-state index contributed by atoms with van der Waals surface area (Å²) in [6, 6.07) is 0.477. The Hall–Kier alpha value is -0.526. The summed E-state index contributed by atoms with van der Waals surface area (Å²) in [6.45, 7) is 12.9. The van der Waals surface area contributed by atoms with Gasteiger partial charge >= 0.3 is 0 Å². The molecule has 2 fully saturated rings. The quantitative estimate of drug-likeness (QED) is 0.373. The van der Waals surface area contributed by atoms with E-state index in [4.69, 9.17) is 4.99 Å². The van der Waals surface area contributed by atoms with Crippen LogP contribution in [0.15, 0.2) is 41.4 Å². The Labute approximate surface area is 199 Å². The van der Waals surface area contributed by atoms with Gasteiger partial charge in [0.15, 0.2) is 0 Å². The van der Waals surface area contributed by atoms with Gasteiger partial charge in [-0.25, -0.2) is 0 Å². The average molecular weight is 449 g/mol. The normalized spacial score (nSPS) is 29.9. The first-order valence-corrected chi connectivity index (χ1v) is 12.7. The van der Waals surface area contributed by atoms with Crippen LogP contribution in [0.3, 0.4) is 0 Å². The monoisotopic (exact) mass is 448 g/mol. The molecule has 0 aromatic heterocycles. The van der Waals surface area contributed by atoms with E-state index in [0.717, 1.165) is 37.0 Å². The van der Waals surface area contributed by atoms with E-state index in [2.05, 4.69) is 44.7 Å². The Morgan fingerprint density at radius 1 is 1.00 bits per heavy atom. The van der Waals surface area contributed by atoms with Crippen LogP contribution in [0.5, 0.6) is 0 Å². The van der Waals surface area contributed by atoms with Gasteiger partial charge in [-0.2, -0.15) is 0 Å². The minimum Gasteiger partial charge on any atom is -0.286 e. The third-order valence-corrected chi connectivity index (χ3v) is 7.07. The van der Waals surface area contributed by atoms with Crippen molar-refractivity contribution in [1.82, 2.24) is 0 Å². The summed E-state index contributed by atoms with van der Waals surface area (Å²) in [5.74, 6) is 2.99. The van der Waals surface area contributed by atoms with E-state index >= 15 is 0 Å². The van der Waals surface area contributed by atoms with Crippen molar-refractivity contribution in [3.63, 3.8) is 0 Å². The summed E-state index contributed by atoms with van der Waals surface area (Å²) >= 11 is 0. The Bertz CT molecular complexity index is 554. The molecule has 30 heavy (non-hydrogen) atoms. The molecule has 1 heterocycles. The van der Waals surface area contributed by atoms with Gasteiger partial charge in [-0.15, -0.1) is 0 Å². The van der Waals surface area contributed by atoms with Crippen LogP contribution >= 0.6 is 0 Å². The Morgan fingerprint density at radius 3 is 2.13 bits per heavy atom. The molecule has 1 radical (unpaired) electrons. The predicted octanol–water partition coefficient (Wildman–Crippen LogP) is 8.71. The standard InChI is InChI=1S/C20H29N.C6H12.C2H6.V/c1-14-7-9-18(13-16(14)3)20-6-4-5-19(21-20)12-8-15(2)17-10-11-17;1-2-4-6-5-3-1;1-2;/h4-5,7,9,14,16-18,20H,2,6,8,10-13H2,1,3H3;1-6H2;1-2H3;/t14-,16?,18?,20?;;;/m0.../s1. The molecule has 169 valence electrons. The second-order valence-electron chi connectivity index (χ2n) is 9.50. The van der Waals surface area contributed by atoms with Crippen LogP contribution in [0.25, 0.3) is 0 Å². The van der Waals surface area contributed by atoms with Crippen LogP contribution in [0, 0.1) is 23.7 Å². The maximum atomic E-state index is 5.05. The largest absolute Gasteiger partial charge is 0.286 e. The molecule has 2 heteroatoms. The van der Waals surface area contributed by atoms with Crippen molar-refractivity contribution in [2.75, 3.05) is 0 Å². The summed E-state index contributed by atoms with van der Waals surface area (Å²) in [6.07, 6.45) is 25.8. The number of rotatable bonds is 5. The second kappa shape index (κ2) is 15.3. The molecule has 4 rings (SSSR count). The van der Waals surface area contributed by atoms with Gasteiger partial charge in [0.1, 0.15) is 0 Å². The van der Waals surface area contributed by atoms with Crippen molar-refractivity contribution in [3.05, 3.63) is 36.5 Å². The summed E-state index contributed by atoms with van der Waals surface area (Å²) < 4.78 is 0. The van der Waals surface area contributed by atoms with Crippen LogP contribution in [0.4, 0.5) is 0 Å². The Kier molecular flexibility index (Phi) is 14.0. The van der Waals surface area contributed by atoms with E-state index in [1.54, 1.807) is 0 Å². The van der Waals surface area contributed by atoms with Crippen molar-refractivity contribution in [3.8, 4) is 0 Å². The fourth-order valence-corrected chi connectivity index (χ4v) is 4.63. The van der Waals surface area contributed by atoms with Gasteiger partial charge in [0.2, 0.25) is 0 Å². The molecule has 3 aliphatic carbocycles. The van der Waals surface area contributed by atoms with Crippen molar-refractivity contribution in [2.24, 2.45) is 28.7 Å². The first-order chi connectivity index (χ1) is 14.1. The summed E-state index contributed by atoms with van der Waals surface area (Å²) in [5, 5.41) is 0. The summed E-state index contributed by atoms with van der Waals surface area (Å²) in [7, 11) is 0. The Morgan fingerprint density at radius 2 is 1.60 bits per heavy atom. The van der Waals surface area contributed by atoms with E-state index in [1.165, 1.54) is 69.1 Å². The molecule has 0 bridgehead atoms. The molecule has 0 saturated heterocycles. The topological polar surface area (TPSA) is 12.4 Å². The van der Waals surface area contributed by atoms with E-state index in [9.17, 15) is 0 Å². The number of hydrogen-bond donors (Lipinski definition) is 0. The first kappa shape index (κ1) is 27.5. The maximum absolute atomic E-state index is 5.05. The number of dihydropyridines is 1. The van der Waals surface area contributed by atoms with Gasteiger partial charge in [0.05, 0.1) is 6.04 Å². The predicted molar refractivity (Wildman–Crippen MR) is 131 cm³/mol. The van der Waals surface area contributed by atoms with Gasteiger partial charge in [-0.3, -0.25) is 4.99 Å². The van der Waals surface area contributed by atoms with Crippen LogP contribution in [-0.4, -0.2) is 11.8 Å². The van der Waals surface area contributed by atoms with E-state index in [-0.39, 0.29) is 18.6 Å². The van der Waals surface area contributed by atoms with Gasteiger partial charge in [-0.1, -0.05) is 96.6 Å². The molecule has 0 amide bonds. The molecular weight excluding hydrogens is 401 g/mol. The number of nitrogens with zero attached hydrogens (tertiary/aromatic N) is 1. The minimum atomic E-state index is 0. The minimum absolute atomic E-state index is 0. The molecule has 0 aromatic rings. The molecule has 4 aliphatic rings. The molecule has 1 nitrogen and oxygen atoms in total. The van der Waals surface area contributed by atoms with Crippen LogP contribution in [0.1, 0.15) is 105 Å². The molecule has 2 saturated carbocycles. The smallest absolute Gasteiger partial charge is 0.0599 e. The van der Waals surface area contributed by atoms with Crippen LogP contribution < -0.4 is 0 Å². The zero-order valence-electron chi connectivity index (χ0n) is 20.3. The summed E-state index contributed by atoms with van der Waals surface area (Å²) in [4.78, 5) is 5.05. The fourth-order valence-electron chi connectivity index (χ4n) is 4.63. The Balaban J connectivity index is 0.000000426. The van der Waals surface area contributed by atoms with Gasteiger partial charge in [-0.05, 0) is 68.3 Å². The van der Waals surface area contributed by atoms with E-state index in [1.807, 2.05) is 13.8 Å². The number of hydrogen-bond acceptors (Lipinski definition) is 1. The third kappa shape index (κ3) is 9.74. The van der Waals surface area contributed by atoms with Crippen LogP contribution in [-0.2, 0) is 18.6 Å². The van der Waals surface area contributed by atoms with E-state index in [0.29, 0.717) is 12.0 Å². The second-order valence-corrected chi connectivity index (χ2v) is 9.50. The molecule has 0 N–H and O–H groups in total. The first-order valence-electron chi connectivity index (χ1n) is 12.7. The van der Waals surface area contributed by atoms with E-state index < -0.39 is 0 Å². The van der Waals surface area contributed by atoms with Crippen molar-refractivity contribution < 1.29 is 18.6 Å². The fraction of sp³-hybridized carbons (Fsp3) is 0.750. The van der Waals surface area contributed by atoms with Crippen molar-refractivity contribution >= 4 is 5.71 Å². The summed E-state index contributed by atoms with van der Waals surface area (Å²) in [5.41, 5.74) is 2.75. The molecule has 0 aromatic carbocycles.